The summed E-state index contributed by atoms with van der Waals surface area (Å²) in [4.78, 5) is 19.9. The van der Waals surface area contributed by atoms with Gasteiger partial charge in [-0.25, -0.2) is 9.97 Å². The van der Waals surface area contributed by atoms with Crippen LogP contribution in [0.4, 0.5) is 5.82 Å². The standard InChI is InChI=1S/C13H22N4O2/c1-10(2)8-15-12-7-11(16-9-17-12)13(18)14-5-4-6-19-3/h7,9-10H,4-6,8H2,1-3H3,(H,14,18)(H,15,16,17). The molecule has 1 aromatic heterocycles. The topological polar surface area (TPSA) is 76.1 Å². The van der Waals surface area contributed by atoms with Crippen molar-refractivity contribution in [1.82, 2.24) is 15.3 Å². The Morgan fingerprint density at radius 3 is 2.89 bits per heavy atom. The van der Waals surface area contributed by atoms with E-state index in [0.29, 0.717) is 30.6 Å². The molecule has 6 heteroatoms. The van der Waals surface area contributed by atoms with E-state index in [2.05, 4.69) is 34.4 Å². The molecule has 0 atom stereocenters. The van der Waals surface area contributed by atoms with Gasteiger partial charge in [-0.2, -0.15) is 0 Å². The van der Waals surface area contributed by atoms with Gasteiger partial charge in [-0.15, -0.1) is 0 Å². The molecule has 0 bridgehead atoms. The summed E-state index contributed by atoms with van der Waals surface area (Å²) in [7, 11) is 1.64. The number of hydrogen-bond donors (Lipinski definition) is 2. The van der Waals surface area contributed by atoms with Crippen LogP contribution >= 0.6 is 0 Å². The molecule has 19 heavy (non-hydrogen) atoms. The van der Waals surface area contributed by atoms with Crippen LogP contribution in [-0.2, 0) is 4.74 Å². The Labute approximate surface area is 114 Å². The molecule has 0 radical (unpaired) electrons. The molecule has 0 aromatic carbocycles. The second kappa shape index (κ2) is 8.42. The van der Waals surface area contributed by atoms with Gasteiger partial charge in [0.2, 0.25) is 0 Å². The third kappa shape index (κ3) is 6.15. The van der Waals surface area contributed by atoms with Crippen molar-refractivity contribution >= 4 is 11.7 Å². The second-order valence-electron chi connectivity index (χ2n) is 4.67. The van der Waals surface area contributed by atoms with Crippen LogP contribution in [0.15, 0.2) is 12.4 Å². The average Bonchev–Trinajstić information content (AvgIpc) is 2.41. The fraction of sp³-hybridized carbons (Fsp3) is 0.615. The number of nitrogens with zero attached hydrogens (tertiary/aromatic N) is 2. The van der Waals surface area contributed by atoms with Gasteiger partial charge in [0.15, 0.2) is 0 Å². The molecule has 0 aliphatic carbocycles. The third-order valence-corrected chi connectivity index (χ3v) is 2.40. The van der Waals surface area contributed by atoms with Crippen molar-refractivity contribution in [3.05, 3.63) is 18.1 Å². The van der Waals surface area contributed by atoms with Crippen LogP contribution in [0.3, 0.4) is 0 Å². The lowest BCUT2D eigenvalue weighted by molar-refractivity contribution is 0.0943. The Morgan fingerprint density at radius 2 is 2.21 bits per heavy atom. The largest absolute Gasteiger partial charge is 0.385 e. The smallest absolute Gasteiger partial charge is 0.270 e. The quantitative estimate of drug-likeness (QED) is 0.694. The number of aromatic nitrogens is 2. The first-order valence-corrected chi connectivity index (χ1v) is 6.46. The Balaban J connectivity index is 2.48. The first kappa shape index (κ1) is 15.4. The lowest BCUT2D eigenvalue weighted by Crippen LogP contribution is -2.26. The zero-order valence-corrected chi connectivity index (χ0v) is 11.8. The minimum absolute atomic E-state index is 0.189. The summed E-state index contributed by atoms with van der Waals surface area (Å²) in [6.07, 6.45) is 2.18. The molecule has 1 aromatic rings. The van der Waals surface area contributed by atoms with Crippen LogP contribution < -0.4 is 10.6 Å². The molecule has 0 spiro atoms. The van der Waals surface area contributed by atoms with Gasteiger partial charge in [-0.1, -0.05) is 13.8 Å². The number of anilines is 1. The molecular weight excluding hydrogens is 244 g/mol. The number of methoxy groups -OCH3 is 1. The number of amides is 1. The lowest BCUT2D eigenvalue weighted by Gasteiger charge is -2.09. The molecule has 6 nitrogen and oxygen atoms in total. The molecule has 0 aliphatic rings. The van der Waals surface area contributed by atoms with Crippen molar-refractivity contribution in [2.24, 2.45) is 5.92 Å². The van der Waals surface area contributed by atoms with Crippen molar-refractivity contribution in [3.63, 3.8) is 0 Å². The molecule has 0 unspecified atom stereocenters. The van der Waals surface area contributed by atoms with Gasteiger partial charge in [0.25, 0.3) is 5.91 Å². The van der Waals surface area contributed by atoms with Crippen molar-refractivity contribution in [3.8, 4) is 0 Å². The van der Waals surface area contributed by atoms with Crippen LogP contribution in [0, 0.1) is 5.92 Å². The maximum absolute atomic E-state index is 11.8. The van der Waals surface area contributed by atoms with Crippen molar-refractivity contribution in [2.45, 2.75) is 20.3 Å². The first-order chi connectivity index (χ1) is 9.13. The minimum atomic E-state index is -0.189. The van der Waals surface area contributed by atoms with E-state index >= 15 is 0 Å². The Kier molecular flexibility index (Phi) is 6.81. The lowest BCUT2D eigenvalue weighted by atomic mass is 10.2. The molecule has 106 valence electrons. The van der Waals surface area contributed by atoms with Gasteiger partial charge in [-0.05, 0) is 12.3 Å². The van der Waals surface area contributed by atoms with Gasteiger partial charge >= 0.3 is 0 Å². The van der Waals surface area contributed by atoms with Gasteiger partial charge in [0, 0.05) is 32.9 Å². The van der Waals surface area contributed by atoms with Crippen LogP contribution in [-0.4, -0.2) is 42.7 Å². The summed E-state index contributed by atoms with van der Waals surface area (Å²) in [5.74, 6) is 0.998. The highest BCUT2D eigenvalue weighted by Gasteiger charge is 2.08. The molecule has 0 aliphatic heterocycles. The van der Waals surface area contributed by atoms with Crippen LogP contribution in [0.2, 0.25) is 0 Å². The normalized spacial score (nSPS) is 10.5. The monoisotopic (exact) mass is 266 g/mol. The highest BCUT2D eigenvalue weighted by molar-refractivity contribution is 5.92. The molecular formula is C13H22N4O2. The van der Waals surface area contributed by atoms with E-state index in [0.717, 1.165) is 13.0 Å². The molecule has 1 heterocycles. The van der Waals surface area contributed by atoms with Crippen molar-refractivity contribution < 1.29 is 9.53 Å². The molecule has 0 saturated carbocycles. The van der Waals surface area contributed by atoms with E-state index in [9.17, 15) is 4.79 Å². The predicted octanol–water partition coefficient (Wildman–Crippen LogP) is 1.31. The van der Waals surface area contributed by atoms with E-state index < -0.39 is 0 Å². The zero-order valence-electron chi connectivity index (χ0n) is 11.8. The summed E-state index contributed by atoms with van der Waals surface area (Å²) in [5, 5.41) is 5.95. The van der Waals surface area contributed by atoms with Gasteiger partial charge in [-0.3, -0.25) is 4.79 Å². The number of hydrogen-bond acceptors (Lipinski definition) is 5. The third-order valence-electron chi connectivity index (χ3n) is 2.40. The van der Waals surface area contributed by atoms with Crippen LogP contribution in [0.25, 0.3) is 0 Å². The van der Waals surface area contributed by atoms with E-state index in [1.165, 1.54) is 6.33 Å². The van der Waals surface area contributed by atoms with Crippen LogP contribution in [0.1, 0.15) is 30.8 Å². The number of nitrogens with one attached hydrogen (secondary N) is 2. The highest BCUT2D eigenvalue weighted by atomic mass is 16.5. The summed E-state index contributed by atoms with van der Waals surface area (Å²) in [5.41, 5.74) is 0.374. The average molecular weight is 266 g/mol. The molecule has 1 amide bonds. The number of carbonyl (C=O) groups excluding carboxylic acids is 1. The second-order valence-corrected chi connectivity index (χ2v) is 4.67. The van der Waals surface area contributed by atoms with E-state index in [1.807, 2.05) is 0 Å². The fourth-order valence-corrected chi connectivity index (χ4v) is 1.40. The number of carbonyl (C=O) groups is 1. The maximum atomic E-state index is 11.8. The Morgan fingerprint density at radius 1 is 1.42 bits per heavy atom. The molecule has 1 rings (SSSR count). The number of rotatable bonds is 8. The van der Waals surface area contributed by atoms with E-state index in [4.69, 9.17) is 4.74 Å². The summed E-state index contributed by atoms with van der Waals surface area (Å²) >= 11 is 0. The van der Waals surface area contributed by atoms with Crippen molar-refractivity contribution in [2.75, 3.05) is 32.1 Å². The summed E-state index contributed by atoms with van der Waals surface area (Å²) < 4.78 is 4.92. The molecule has 0 saturated heterocycles. The van der Waals surface area contributed by atoms with E-state index in [-0.39, 0.29) is 5.91 Å². The predicted molar refractivity (Wildman–Crippen MR) is 74.2 cm³/mol. The number of ether oxygens (including phenoxy) is 1. The Hall–Kier alpha value is -1.69. The summed E-state index contributed by atoms with van der Waals surface area (Å²) in [6.45, 7) is 6.23. The SMILES string of the molecule is COCCCNC(=O)c1cc(NCC(C)C)ncn1. The minimum Gasteiger partial charge on any atom is -0.385 e. The van der Waals surface area contributed by atoms with Gasteiger partial charge < -0.3 is 15.4 Å². The van der Waals surface area contributed by atoms with Gasteiger partial charge in [0.1, 0.15) is 17.8 Å². The van der Waals surface area contributed by atoms with E-state index in [1.54, 1.807) is 13.2 Å². The van der Waals surface area contributed by atoms with Crippen LogP contribution in [0.5, 0.6) is 0 Å². The molecule has 0 fully saturated rings. The maximum Gasteiger partial charge on any atom is 0.270 e. The highest BCUT2D eigenvalue weighted by Crippen LogP contribution is 2.05. The van der Waals surface area contributed by atoms with Gasteiger partial charge in [0.05, 0.1) is 0 Å². The fourth-order valence-electron chi connectivity index (χ4n) is 1.40. The Bertz CT molecular complexity index is 396. The molecule has 2 N–H and O–H groups in total. The summed E-state index contributed by atoms with van der Waals surface area (Å²) in [6, 6.07) is 1.66. The first-order valence-electron chi connectivity index (χ1n) is 6.46. The zero-order chi connectivity index (χ0) is 14.1. The van der Waals surface area contributed by atoms with Crippen molar-refractivity contribution in [1.29, 1.82) is 0 Å².